The summed E-state index contributed by atoms with van der Waals surface area (Å²) in [5.41, 5.74) is 0.553. The second kappa shape index (κ2) is 5.75. The Bertz CT molecular complexity index is 187. The summed E-state index contributed by atoms with van der Waals surface area (Å²) in [6, 6.07) is 0.736. The maximum Gasteiger partial charge on any atom is 0.246 e. The molecule has 76 valence electrons. The summed E-state index contributed by atoms with van der Waals surface area (Å²) >= 11 is 0. The van der Waals surface area contributed by atoms with Gasteiger partial charge in [-0.2, -0.15) is 0 Å². The summed E-state index contributed by atoms with van der Waals surface area (Å²) < 4.78 is 0. The van der Waals surface area contributed by atoms with Crippen LogP contribution in [0.1, 0.15) is 27.7 Å². The molecular formula is C10H20N2O. The molecule has 0 aliphatic rings. The topological polar surface area (TPSA) is 41.1 Å². The monoisotopic (exact) mass is 184 g/mol. The summed E-state index contributed by atoms with van der Waals surface area (Å²) in [7, 11) is 0. The van der Waals surface area contributed by atoms with Crippen molar-refractivity contribution in [2.24, 2.45) is 0 Å². The third kappa shape index (κ3) is 6.34. The van der Waals surface area contributed by atoms with Crippen molar-refractivity contribution in [1.29, 1.82) is 0 Å². The van der Waals surface area contributed by atoms with Gasteiger partial charge in [-0.1, -0.05) is 20.4 Å². The Kier molecular flexibility index (Phi) is 5.39. The van der Waals surface area contributed by atoms with Crippen LogP contribution in [0.5, 0.6) is 0 Å². The molecule has 0 bridgehead atoms. The van der Waals surface area contributed by atoms with Gasteiger partial charge in [0.25, 0.3) is 0 Å². The molecule has 1 atom stereocenters. The van der Waals surface area contributed by atoms with E-state index in [0.717, 1.165) is 0 Å². The highest BCUT2D eigenvalue weighted by molar-refractivity contribution is 5.92. The van der Waals surface area contributed by atoms with Crippen LogP contribution in [-0.2, 0) is 4.79 Å². The van der Waals surface area contributed by atoms with E-state index in [1.54, 1.807) is 6.92 Å². The van der Waals surface area contributed by atoms with Gasteiger partial charge in [-0.3, -0.25) is 4.79 Å². The fourth-order valence-corrected chi connectivity index (χ4v) is 1.02. The van der Waals surface area contributed by atoms with Gasteiger partial charge in [-0.05, 0) is 13.8 Å². The number of rotatable bonds is 5. The van der Waals surface area contributed by atoms with Gasteiger partial charge in [-0.25, -0.2) is 0 Å². The van der Waals surface area contributed by atoms with Crippen LogP contribution >= 0.6 is 0 Å². The van der Waals surface area contributed by atoms with Crippen molar-refractivity contribution >= 4 is 5.91 Å². The molecule has 0 fully saturated rings. The lowest BCUT2D eigenvalue weighted by Gasteiger charge is -2.17. The first kappa shape index (κ1) is 12.2. The van der Waals surface area contributed by atoms with Crippen LogP contribution < -0.4 is 10.6 Å². The Morgan fingerprint density at radius 2 is 1.92 bits per heavy atom. The molecule has 0 radical (unpaired) electrons. The lowest BCUT2D eigenvalue weighted by Crippen LogP contribution is -2.41. The Morgan fingerprint density at radius 1 is 1.38 bits per heavy atom. The van der Waals surface area contributed by atoms with Crippen LogP contribution in [0.3, 0.4) is 0 Å². The zero-order valence-corrected chi connectivity index (χ0v) is 8.98. The Hall–Kier alpha value is -0.830. The lowest BCUT2D eigenvalue weighted by atomic mass is 10.2. The third-order valence-electron chi connectivity index (χ3n) is 1.57. The first-order valence-electron chi connectivity index (χ1n) is 4.63. The van der Waals surface area contributed by atoms with Crippen LogP contribution in [-0.4, -0.2) is 24.5 Å². The highest BCUT2D eigenvalue weighted by Gasteiger charge is 2.05. The van der Waals surface area contributed by atoms with Gasteiger partial charge < -0.3 is 10.6 Å². The molecule has 0 aromatic carbocycles. The van der Waals surface area contributed by atoms with Gasteiger partial charge in [0.15, 0.2) is 0 Å². The molecule has 0 heterocycles. The predicted molar refractivity (Wildman–Crippen MR) is 55.6 cm³/mol. The number of carbonyl (C=O) groups excluding carboxylic acids is 1. The highest BCUT2D eigenvalue weighted by Crippen LogP contribution is 1.88. The summed E-state index contributed by atoms with van der Waals surface area (Å²) in [6.07, 6.45) is 0. The van der Waals surface area contributed by atoms with E-state index in [4.69, 9.17) is 0 Å². The minimum atomic E-state index is -0.0718. The summed E-state index contributed by atoms with van der Waals surface area (Å²) in [6.45, 7) is 12.1. The molecule has 0 rings (SSSR count). The van der Waals surface area contributed by atoms with Crippen molar-refractivity contribution in [2.75, 3.05) is 6.54 Å². The zero-order chi connectivity index (χ0) is 10.4. The van der Waals surface area contributed by atoms with E-state index in [0.29, 0.717) is 24.2 Å². The number of nitrogens with one attached hydrogen (secondary N) is 2. The maximum absolute atomic E-state index is 11.1. The fraction of sp³-hybridized carbons (Fsp3) is 0.700. The molecular weight excluding hydrogens is 164 g/mol. The molecule has 3 heteroatoms. The van der Waals surface area contributed by atoms with Crippen molar-refractivity contribution in [3.05, 3.63) is 12.2 Å². The molecule has 0 aliphatic heterocycles. The summed E-state index contributed by atoms with van der Waals surface area (Å²) in [4.78, 5) is 11.1. The van der Waals surface area contributed by atoms with E-state index in [-0.39, 0.29) is 5.91 Å². The van der Waals surface area contributed by atoms with E-state index in [1.165, 1.54) is 0 Å². The van der Waals surface area contributed by atoms with E-state index in [9.17, 15) is 4.79 Å². The fourth-order valence-electron chi connectivity index (χ4n) is 1.02. The summed E-state index contributed by atoms with van der Waals surface area (Å²) in [5, 5.41) is 6.08. The maximum atomic E-state index is 11.1. The molecule has 0 aromatic rings. The third-order valence-corrected chi connectivity index (χ3v) is 1.57. The molecule has 0 aliphatic carbocycles. The van der Waals surface area contributed by atoms with E-state index in [1.807, 2.05) is 6.92 Å². The molecule has 1 amide bonds. The van der Waals surface area contributed by atoms with Gasteiger partial charge in [-0.15, -0.1) is 0 Å². The molecule has 0 aromatic heterocycles. The number of hydrogen-bond donors (Lipinski definition) is 2. The lowest BCUT2D eigenvalue weighted by molar-refractivity contribution is -0.117. The molecule has 0 spiro atoms. The number of hydrogen-bond acceptors (Lipinski definition) is 2. The van der Waals surface area contributed by atoms with Crippen molar-refractivity contribution in [3.8, 4) is 0 Å². The van der Waals surface area contributed by atoms with Gasteiger partial charge in [0.1, 0.15) is 0 Å². The summed E-state index contributed by atoms with van der Waals surface area (Å²) in [5.74, 6) is -0.0718. The second-order valence-corrected chi connectivity index (χ2v) is 3.71. The smallest absolute Gasteiger partial charge is 0.246 e. The van der Waals surface area contributed by atoms with Gasteiger partial charge in [0, 0.05) is 24.2 Å². The molecule has 13 heavy (non-hydrogen) atoms. The largest absolute Gasteiger partial charge is 0.351 e. The minimum Gasteiger partial charge on any atom is -0.351 e. The van der Waals surface area contributed by atoms with E-state index < -0.39 is 0 Å². The van der Waals surface area contributed by atoms with Crippen LogP contribution in [0.4, 0.5) is 0 Å². The van der Waals surface area contributed by atoms with Crippen LogP contribution in [0, 0.1) is 0 Å². The molecule has 0 saturated carbocycles. The SMILES string of the molecule is C=C(C)C(=O)NCC(C)NC(C)C. The Morgan fingerprint density at radius 3 is 2.31 bits per heavy atom. The normalized spacial score (nSPS) is 12.7. The average molecular weight is 184 g/mol. The minimum absolute atomic E-state index is 0.0718. The van der Waals surface area contributed by atoms with Crippen molar-refractivity contribution in [3.63, 3.8) is 0 Å². The van der Waals surface area contributed by atoms with Crippen molar-refractivity contribution in [2.45, 2.75) is 39.8 Å². The molecule has 3 nitrogen and oxygen atoms in total. The first-order valence-corrected chi connectivity index (χ1v) is 4.63. The average Bonchev–Trinajstić information content (AvgIpc) is 1.98. The molecule has 2 N–H and O–H groups in total. The van der Waals surface area contributed by atoms with Crippen molar-refractivity contribution in [1.82, 2.24) is 10.6 Å². The second-order valence-electron chi connectivity index (χ2n) is 3.71. The van der Waals surface area contributed by atoms with Crippen LogP contribution in [0.15, 0.2) is 12.2 Å². The molecule has 1 unspecified atom stereocenters. The number of carbonyl (C=O) groups is 1. The zero-order valence-electron chi connectivity index (χ0n) is 8.98. The number of amides is 1. The van der Waals surface area contributed by atoms with Gasteiger partial charge >= 0.3 is 0 Å². The Balaban J connectivity index is 3.64. The quantitative estimate of drug-likeness (QED) is 0.627. The van der Waals surface area contributed by atoms with E-state index >= 15 is 0 Å². The van der Waals surface area contributed by atoms with Crippen LogP contribution in [0.25, 0.3) is 0 Å². The van der Waals surface area contributed by atoms with Crippen molar-refractivity contribution < 1.29 is 4.79 Å². The highest BCUT2D eigenvalue weighted by atomic mass is 16.1. The predicted octanol–water partition coefficient (Wildman–Crippen LogP) is 1.07. The molecule has 0 saturated heterocycles. The van der Waals surface area contributed by atoms with E-state index in [2.05, 4.69) is 31.1 Å². The standard InChI is InChI=1S/C10H20N2O/c1-7(2)10(13)11-6-9(5)12-8(3)4/h8-9,12H,1,6H2,2-5H3,(H,11,13). The Labute approximate surface area is 80.6 Å². The van der Waals surface area contributed by atoms with Gasteiger partial charge in [0.2, 0.25) is 5.91 Å². The van der Waals surface area contributed by atoms with Crippen LogP contribution in [0.2, 0.25) is 0 Å². The first-order chi connectivity index (χ1) is 5.93. The van der Waals surface area contributed by atoms with Gasteiger partial charge in [0.05, 0.1) is 0 Å².